The number of benzene rings is 1. The number of hydrogen-bond donors (Lipinski definition) is 1. The molecule has 4 nitrogen and oxygen atoms in total. The third kappa shape index (κ3) is 2.30. The third-order valence-corrected chi connectivity index (χ3v) is 2.46. The highest BCUT2D eigenvalue weighted by atomic mass is 16.3. The van der Waals surface area contributed by atoms with Crippen LogP contribution in [0.3, 0.4) is 0 Å². The molecule has 2 aromatic rings. The summed E-state index contributed by atoms with van der Waals surface area (Å²) in [6, 6.07) is 6.70. The number of carbonyl (C=O) groups is 1. The van der Waals surface area contributed by atoms with E-state index in [0.29, 0.717) is 17.1 Å². The molecule has 0 atom stereocenters. The number of hydrogen-bond acceptors (Lipinski definition) is 4. The summed E-state index contributed by atoms with van der Waals surface area (Å²) in [5.74, 6) is 0.618. The fourth-order valence-electron chi connectivity index (χ4n) is 1.60. The Morgan fingerprint density at radius 3 is 2.71 bits per heavy atom. The minimum absolute atomic E-state index is 0.0510. The zero-order valence-electron chi connectivity index (χ0n) is 9.64. The van der Waals surface area contributed by atoms with Gasteiger partial charge in [0.05, 0.1) is 11.3 Å². The highest BCUT2D eigenvalue weighted by molar-refractivity contribution is 5.94. The summed E-state index contributed by atoms with van der Waals surface area (Å²) >= 11 is 0. The molecule has 0 saturated heterocycles. The van der Waals surface area contributed by atoms with Gasteiger partial charge in [-0.2, -0.15) is 0 Å². The summed E-state index contributed by atoms with van der Waals surface area (Å²) in [6.07, 6.45) is 1.52. The average molecular weight is 228 g/mol. The van der Waals surface area contributed by atoms with Gasteiger partial charge in [-0.15, -0.1) is 0 Å². The molecule has 0 radical (unpaired) electrons. The van der Waals surface area contributed by atoms with Crippen LogP contribution in [0.1, 0.15) is 23.0 Å². The van der Waals surface area contributed by atoms with Gasteiger partial charge in [0.25, 0.3) is 0 Å². The van der Waals surface area contributed by atoms with Crippen LogP contribution in [0.2, 0.25) is 0 Å². The van der Waals surface area contributed by atoms with Crippen LogP contribution in [0, 0.1) is 6.92 Å². The first-order chi connectivity index (χ1) is 8.08. The molecule has 1 aromatic carbocycles. The molecule has 86 valence electrons. The van der Waals surface area contributed by atoms with Crippen molar-refractivity contribution in [3.05, 3.63) is 41.7 Å². The van der Waals surface area contributed by atoms with Gasteiger partial charge >= 0.3 is 0 Å². The van der Waals surface area contributed by atoms with E-state index >= 15 is 0 Å². The number of nitrogens with zero attached hydrogens (tertiary/aromatic N) is 2. The second kappa shape index (κ2) is 4.33. The molecule has 0 fully saturated rings. The Morgan fingerprint density at radius 1 is 1.35 bits per heavy atom. The van der Waals surface area contributed by atoms with Crippen molar-refractivity contribution in [2.45, 2.75) is 13.8 Å². The Hall–Kier alpha value is -2.23. The van der Waals surface area contributed by atoms with Crippen LogP contribution in [-0.2, 0) is 0 Å². The molecular formula is C13H12N2O2. The molecule has 1 aromatic heterocycles. The van der Waals surface area contributed by atoms with E-state index in [0.717, 1.165) is 5.56 Å². The van der Waals surface area contributed by atoms with Gasteiger partial charge < -0.3 is 5.11 Å². The van der Waals surface area contributed by atoms with E-state index in [1.807, 2.05) is 6.07 Å². The first-order valence-corrected chi connectivity index (χ1v) is 5.22. The number of ketones is 1. The Kier molecular flexibility index (Phi) is 2.87. The molecule has 0 bridgehead atoms. The second-order valence-corrected chi connectivity index (χ2v) is 3.80. The minimum atomic E-state index is -0.0510. The number of aryl methyl sites for hydroxylation is 1. The number of carbonyl (C=O) groups excluding carboxylic acids is 1. The van der Waals surface area contributed by atoms with Crippen molar-refractivity contribution in [1.82, 2.24) is 9.97 Å². The molecule has 0 aliphatic rings. The maximum absolute atomic E-state index is 11.2. The molecule has 0 saturated carbocycles. The molecular weight excluding hydrogens is 216 g/mol. The Morgan fingerprint density at radius 2 is 2.12 bits per heavy atom. The second-order valence-electron chi connectivity index (χ2n) is 3.80. The summed E-state index contributed by atoms with van der Waals surface area (Å²) in [6.45, 7) is 3.25. The summed E-state index contributed by atoms with van der Waals surface area (Å²) in [5, 5.41) is 9.38. The monoisotopic (exact) mass is 228 g/mol. The first-order valence-electron chi connectivity index (χ1n) is 5.22. The number of aromatic nitrogens is 2. The minimum Gasteiger partial charge on any atom is -0.508 e. The van der Waals surface area contributed by atoms with Crippen LogP contribution >= 0.6 is 0 Å². The van der Waals surface area contributed by atoms with Crippen LogP contribution in [0.4, 0.5) is 0 Å². The normalized spacial score (nSPS) is 10.2. The van der Waals surface area contributed by atoms with Gasteiger partial charge in [0.2, 0.25) is 0 Å². The van der Waals surface area contributed by atoms with E-state index in [-0.39, 0.29) is 11.5 Å². The number of Topliss-reactive ketones (excluding diaryl/α,β-unsaturated/α-hetero) is 1. The predicted octanol–water partition coefficient (Wildman–Crippen LogP) is 2.36. The molecule has 17 heavy (non-hydrogen) atoms. The zero-order valence-corrected chi connectivity index (χ0v) is 9.64. The molecule has 1 heterocycles. The molecule has 0 aliphatic carbocycles. The summed E-state index contributed by atoms with van der Waals surface area (Å²) in [4.78, 5) is 19.6. The van der Waals surface area contributed by atoms with Crippen LogP contribution in [0.15, 0.2) is 30.5 Å². The third-order valence-electron chi connectivity index (χ3n) is 2.46. The Bertz CT molecular complexity index is 579. The van der Waals surface area contributed by atoms with Crippen LogP contribution in [0.25, 0.3) is 11.4 Å². The number of phenols is 1. The van der Waals surface area contributed by atoms with Crippen molar-refractivity contribution in [2.24, 2.45) is 0 Å². The maximum Gasteiger partial charge on any atom is 0.163 e. The van der Waals surface area contributed by atoms with Crippen LogP contribution in [0.5, 0.6) is 5.75 Å². The Labute approximate surface area is 99.0 Å². The lowest BCUT2D eigenvalue weighted by Crippen LogP contribution is -2.01. The molecule has 0 unspecified atom stereocenters. The van der Waals surface area contributed by atoms with Gasteiger partial charge in [0.15, 0.2) is 11.6 Å². The van der Waals surface area contributed by atoms with E-state index in [1.54, 1.807) is 25.1 Å². The van der Waals surface area contributed by atoms with Crippen LogP contribution < -0.4 is 0 Å². The zero-order chi connectivity index (χ0) is 12.4. The van der Waals surface area contributed by atoms with Crippen LogP contribution in [-0.4, -0.2) is 20.9 Å². The SMILES string of the molecule is CC(=O)c1cnc(-c2cccc(O)c2)nc1C. The summed E-state index contributed by atoms with van der Waals surface area (Å²) in [7, 11) is 0. The lowest BCUT2D eigenvalue weighted by atomic mass is 10.1. The molecule has 1 N–H and O–H groups in total. The van der Waals surface area contributed by atoms with Crippen molar-refractivity contribution < 1.29 is 9.90 Å². The van der Waals surface area contributed by atoms with Crippen molar-refractivity contribution in [1.29, 1.82) is 0 Å². The molecule has 4 heteroatoms. The fraction of sp³-hybridized carbons (Fsp3) is 0.154. The van der Waals surface area contributed by atoms with E-state index < -0.39 is 0 Å². The van der Waals surface area contributed by atoms with E-state index in [4.69, 9.17) is 0 Å². The van der Waals surface area contributed by atoms with Gasteiger partial charge in [-0.05, 0) is 26.0 Å². The highest BCUT2D eigenvalue weighted by Crippen LogP contribution is 2.20. The van der Waals surface area contributed by atoms with Gasteiger partial charge in [-0.25, -0.2) is 9.97 Å². The number of aromatic hydroxyl groups is 1. The molecule has 0 amide bonds. The van der Waals surface area contributed by atoms with Crippen molar-refractivity contribution in [3.8, 4) is 17.1 Å². The molecule has 0 aliphatic heterocycles. The van der Waals surface area contributed by atoms with Gasteiger partial charge in [-0.1, -0.05) is 12.1 Å². The van der Waals surface area contributed by atoms with Crippen molar-refractivity contribution >= 4 is 5.78 Å². The first kappa shape index (κ1) is 11.3. The van der Waals surface area contributed by atoms with Gasteiger partial charge in [0, 0.05) is 11.8 Å². The summed E-state index contributed by atoms with van der Waals surface area (Å²) in [5.41, 5.74) is 1.89. The number of rotatable bonds is 2. The molecule has 0 spiro atoms. The van der Waals surface area contributed by atoms with Gasteiger partial charge in [-0.3, -0.25) is 4.79 Å². The fourth-order valence-corrected chi connectivity index (χ4v) is 1.60. The lowest BCUT2D eigenvalue weighted by Gasteiger charge is -2.04. The smallest absolute Gasteiger partial charge is 0.163 e. The summed E-state index contributed by atoms with van der Waals surface area (Å²) < 4.78 is 0. The topological polar surface area (TPSA) is 63.1 Å². The molecule has 2 rings (SSSR count). The average Bonchev–Trinajstić information content (AvgIpc) is 2.28. The maximum atomic E-state index is 11.2. The largest absolute Gasteiger partial charge is 0.508 e. The van der Waals surface area contributed by atoms with E-state index in [9.17, 15) is 9.90 Å². The van der Waals surface area contributed by atoms with Gasteiger partial charge in [0.1, 0.15) is 5.75 Å². The van der Waals surface area contributed by atoms with E-state index in [2.05, 4.69) is 9.97 Å². The number of phenolic OH excluding ortho intramolecular Hbond substituents is 1. The highest BCUT2D eigenvalue weighted by Gasteiger charge is 2.08. The quantitative estimate of drug-likeness (QED) is 0.801. The lowest BCUT2D eigenvalue weighted by molar-refractivity contribution is 0.101. The van der Waals surface area contributed by atoms with Crippen molar-refractivity contribution in [2.75, 3.05) is 0 Å². The van der Waals surface area contributed by atoms with Crippen molar-refractivity contribution in [3.63, 3.8) is 0 Å². The Balaban J connectivity index is 2.48. The standard InChI is InChI=1S/C13H12N2O2/c1-8-12(9(2)16)7-14-13(15-8)10-4-3-5-11(17)6-10/h3-7,17H,1-2H3. The predicted molar refractivity (Wildman–Crippen MR) is 63.9 cm³/mol. The van der Waals surface area contributed by atoms with E-state index in [1.165, 1.54) is 13.1 Å².